The van der Waals surface area contributed by atoms with E-state index >= 15 is 0 Å². The maximum absolute atomic E-state index is 2.42. The second-order valence-corrected chi connectivity index (χ2v) is 3.76. The number of hydrogen-bond donors (Lipinski definition) is 0. The van der Waals surface area contributed by atoms with Crippen LogP contribution in [0, 0.1) is 0 Å². The summed E-state index contributed by atoms with van der Waals surface area (Å²) >= 11 is 2.42. The summed E-state index contributed by atoms with van der Waals surface area (Å²) in [6.45, 7) is 4.43. The molecule has 1 aromatic rings. The molecule has 66 valence electrons. The molecule has 0 aliphatic heterocycles. The Morgan fingerprint density at radius 1 is 0.917 bits per heavy atom. The van der Waals surface area contributed by atoms with Crippen molar-refractivity contribution < 1.29 is 0 Å². The summed E-state index contributed by atoms with van der Waals surface area (Å²) in [5.74, 6) is 0. The average molecular weight is 274 g/mol. The number of rotatable bonds is 3. The lowest BCUT2D eigenvalue weighted by atomic mass is 10.0. The highest BCUT2D eigenvalue weighted by Crippen LogP contribution is 2.14. The van der Waals surface area contributed by atoms with Crippen molar-refractivity contribution in [3.05, 3.63) is 34.9 Å². The fourth-order valence-electron chi connectivity index (χ4n) is 1.32. The van der Waals surface area contributed by atoms with Gasteiger partial charge >= 0.3 is 0 Å². The van der Waals surface area contributed by atoms with Gasteiger partial charge in [-0.3, -0.25) is 0 Å². The molecule has 0 fully saturated rings. The number of benzene rings is 1. The Kier molecular flexibility index (Phi) is 4.06. The van der Waals surface area contributed by atoms with Crippen LogP contribution < -0.4 is 0 Å². The number of aryl methyl sites for hydroxylation is 2. The fraction of sp³-hybridized carbons (Fsp3) is 0.455. The highest BCUT2D eigenvalue weighted by molar-refractivity contribution is 14.1. The summed E-state index contributed by atoms with van der Waals surface area (Å²) in [5, 5.41) is 0. The predicted octanol–water partition coefficient (Wildman–Crippen LogP) is 3.75. The van der Waals surface area contributed by atoms with Gasteiger partial charge in [0.25, 0.3) is 0 Å². The Bertz CT molecular complexity index is 198. The highest BCUT2D eigenvalue weighted by Gasteiger charge is 1.97. The molecule has 1 rings (SSSR count). The molecular weight excluding hydrogens is 259 g/mol. The molecule has 0 saturated carbocycles. The van der Waals surface area contributed by atoms with Crippen LogP contribution in [0.15, 0.2) is 18.2 Å². The van der Waals surface area contributed by atoms with Crippen molar-refractivity contribution >= 4 is 22.6 Å². The summed E-state index contributed by atoms with van der Waals surface area (Å²) in [4.78, 5) is 0. The minimum atomic E-state index is 1.12. The Morgan fingerprint density at radius 2 is 1.33 bits per heavy atom. The maximum Gasteiger partial charge on any atom is 0.0247 e. The second-order valence-electron chi connectivity index (χ2n) is 3.00. The van der Waals surface area contributed by atoms with Gasteiger partial charge in [-0.25, -0.2) is 0 Å². The molecule has 0 bridgehead atoms. The largest absolute Gasteiger partial charge is 0.0812 e. The van der Waals surface area contributed by atoms with Crippen molar-refractivity contribution in [3.63, 3.8) is 0 Å². The van der Waals surface area contributed by atoms with Crippen molar-refractivity contribution in [1.82, 2.24) is 0 Å². The van der Waals surface area contributed by atoms with E-state index in [-0.39, 0.29) is 0 Å². The molecule has 12 heavy (non-hydrogen) atoms. The zero-order chi connectivity index (χ0) is 8.97. The van der Waals surface area contributed by atoms with Crippen molar-refractivity contribution in [1.29, 1.82) is 0 Å². The van der Waals surface area contributed by atoms with Gasteiger partial charge in [-0.1, -0.05) is 54.6 Å². The van der Waals surface area contributed by atoms with Crippen LogP contribution in [0.2, 0.25) is 0 Å². The standard InChI is InChI=1S/C11H15I/c1-3-9-5-10(4-2)7-11(6-9)8-12/h5-7H,3-4,8H2,1-2H3. The first-order valence-electron chi connectivity index (χ1n) is 4.47. The normalized spacial score (nSPS) is 10.2. The minimum absolute atomic E-state index is 1.12. The molecule has 0 saturated heterocycles. The van der Waals surface area contributed by atoms with Crippen molar-refractivity contribution in [2.75, 3.05) is 0 Å². The van der Waals surface area contributed by atoms with E-state index in [1.165, 1.54) is 16.7 Å². The number of alkyl halides is 1. The van der Waals surface area contributed by atoms with Gasteiger partial charge in [-0.2, -0.15) is 0 Å². The summed E-state index contributed by atoms with van der Waals surface area (Å²) in [6.07, 6.45) is 2.30. The third-order valence-corrected chi connectivity index (χ3v) is 2.96. The molecule has 0 amide bonds. The van der Waals surface area contributed by atoms with Gasteiger partial charge in [-0.15, -0.1) is 0 Å². The van der Waals surface area contributed by atoms with Crippen LogP contribution in [0.25, 0.3) is 0 Å². The molecule has 0 unspecified atom stereocenters. The molecule has 0 spiro atoms. The lowest BCUT2D eigenvalue weighted by molar-refractivity contribution is 1.07. The van der Waals surface area contributed by atoms with Gasteiger partial charge in [0, 0.05) is 4.43 Å². The minimum Gasteiger partial charge on any atom is -0.0812 e. The van der Waals surface area contributed by atoms with E-state index in [1.54, 1.807) is 0 Å². The van der Waals surface area contributed by atoms with Crippen LogP contribution in [0.3, 0.4) is 0 Å². The Labute approximate surface area is 88.5 Å². The summed E-state index contributed by atoms with van der Waals surface area (Å²) in [6, 6.07) is 6.94. The van der Waals surface area contributed by atoms with Gasteiger partial charge < -0.3 is 0 Å². The average Bonchev–Trinajstić information content (AvgIpc) is 2.16. The van der Waals surface area contributed by atoms with Crippen LogP contribution >= 0.6 is 22.6 Å². The van der Waals surface area contributed by atoms with Crippen LogP contribution in [0.4, 0.5) is 0 Å². The zero-order valence-corrected chi connectivity index (χ0v) is 9.89. The molecular formula is C11H15I. The number of halogens is 1. The zero-order valence-electron chi connectivity index (χ0n) is 7.73. The first kappa shape index (κ1) is 10.0. The van der Waals surface area contributed by atoms with Gasteiger partial charge in [0.1, 0.15) is 0 Å². The first-order valence-corrected chi connectivity index (χ1v) is 6.00. The molecule has 0 aliphatic rings. The molecule has 0 aliphatic carbocycles. The Morgan fingerprint density at radius 3 is 1.67 bits per heavy atom. The molecule has 0 heterocycles. The van der Waals surface area contributed by atoms with E-state index in [9.17, 15) is 0 Å². The molecule has 1 aromatic carbocycles. The van der Waals surface area contributed by atoms with E-state index in [2.05, 4.69) is 54.6 Å². The summed E-state index contributed by atoms with van der Waals surface area (Å²) in [7, 11) is 0. The molecule has 0 N–H and O–H groups in total. The molecule has 0 nitrogen and oxygen atoms in total. The van der Waals surface area contributed by atoms with Crippen molar-refractivity contribution in [3.8, 4) is 0 Å². The fourth-order valence-corrected chi connectivity index (χ4v) is 1.77. The summed E-state index contributed by atoms with van der Waals surface area (Å²) < 4.78 is 1.12. The third kappa shape index (κ3) is 2.47. The Hall–Kier alpha value is -0.0500. The number of hydrogen-bond acceptors (Lipinski definition) is 0. The van der Waals surface area contributed by atoms with Crippen LogP contribution in [0.5, 0.6) is 0 Å². The third-order valence-electron chi connectivity index (χ3n) is 2.08. The van der Waals surface area contributed by atoms with Crippen LogP contribution in [0.1, 0.15) is 30.5 Å². The van der Waals surface area contributed by atoms with Crippen molar-refractivity contribution in [2.24, 2.45) is 0 Å². The molecule has 0 radical (unpaired) electrons. The van der Waals surface area contributed by atoms with E-state index < -0.39 is 0 Å². The SMILES string of the molecule is CCc1cc(CC)cc(CI)c1. The Balaban J connectivity index is 3.01. The van der Waals surface area contributed by atoms with Crippen LogP contribution in [-0.2, 0) is 17.3 Å². The quantitative estimate of drug-likeness (QED) is 0.581. The van der Waals surface area contributed by atoms with Gasteiger partial charge in [0.15, 0.2) is 0 Å². The maximum atomic E-state index is 2.42. The van der Waals surface area contributed by atoms with E-state index in [1.807, 2.05) is 0 Å². The molecule has 1 heteroatoms. The first-order chi connectivity index (χ1) is 5.80. The topological polar surface area (TPSA) is 0 Å². The monoisotopic (exact) mass is 274 g/mol. The van der Waals surface area contributed by atoms with E-state index in [0.29, 0.717) is 0 Å². The summed E-state index contributed by atoms with van der Waals surface area (Å²) in [5.41, 5.74) is 4.41. The van der Waals surface area contributed by atoms with E-state index in [0.717, 1.165) is 17.3 Å². The van der Waals surface area contributed by atoms with Gasteiger partial charge in [-0.05, 0) is 29.5 Å². The smallest absolute Gasteiger partial charge is 0.0247 e. The second kappa shape index (κ2) is 4.85. The van der Waals surface area contributed by atoms with Crippen LogP contribution in [-0.4, -0.2) is 0 Å². The molecule has 0 atom stereocenters. The van der Waals surface area contributed by atoms with Gasteiger partial charge in [0.05, 0.1) is 0 Å². The lowest BCUT2D eigenvalue weighted by Crippen LogP contribution is -1.89. The van der Waals surface area contributed by atoms with E-state index in [4.69, 9.17) is 0 Å². The van der Waals surface area contributed by atoms with Gasteiger partial charge in [0.2, 0.25) is 0 Å². The molecule has 0 aromatic heterocycles. The highest BCUT2D eigenvalue weighted by atomic mass is 127. The van der Waals surface area contributed by atoms with Crippen molar-refractivity contribution in [2.45, 2.75) is 31.1 Å². The lowest BCUT2D eigenvalue weighted by Gasteiger charge is -2.04. The predicted molar refractivity (Wildman–Crippen MR) is 62.9 cm³/mol.